The molecule has 5 N–H and O–H groups in total. The van der Waals surface area contributed by atoms with Crippen LogP contribution in [-0.2, 0) is 28.7 Å². The lowest BCUT2D eigenvalue weighted by Gasteiger charge is -2.63. The minimum atomic E-state index is -3.94. The summed E-state index contributed by atoms with van der Waals surface area (Å²) in [6, 6.07) is 0. The van der Waals surface area contributed by atoms with Gasteiger partial charge in [-0.2, -0.15) is 0 Å². The number of rotatable bonds is 6. The molecule has 0 spiro atoms. The molecule has 1 aliphatic heterocycles. The molecule has 0 saturated carbocycles. The summed E-state index contributed by atoms with van der Waals surface area (Å²) in [6.45, 7) is 1.33. The van der Waals surface area contributed by atoms with E-state index in [2.05, 4.69) is 0 Å². The number of aliphatic hydroxyl groups excluding tert-OH is 1. The van der Waals surface area contributed by atoms with Crippen LogP contribution in [-0.4, -0.2) is 89.2 Å². The molecule has 27 heavy (non-hydrogen) atoms. The number of Topliss-reactive ketones (excluding diaryl/α,β-unsaturated/α-hetero) is 5. The van der Waals surface area contributed by atoms with Crippen molar-refractivity contribution < 1.29 is 54.2 Å². The maximum Gasteiger partial charge on any atom is 0.268 e. The van der Waals surface area contributed by atoms with E-state index in [1.807, 2.05) is 0 Å². The zero-order valence-corrected chi connectivity index (χ0v) is 15.4. The van der Waals surface area contributed by atoms with E-state index in [-0.39, 0.29) is 0 Å². The molecule has 152 valence electrons. The minimum absolute atomic E-state index is 0.538. The molecule has 0 bridgehead atoms. The van der Waals surface area contributed by atoms with Crippen LogP contribution < -0.4 is 0 Å². The fourth-order valence-corrected chi connectivity index (χ4v) is 3.65. The highest BCUT2D eigenvalue weighted by Crippen LogP contribution is 2.54. The van der Waals surface area contributed by atoms with Gasteiger partial charge in [0.25, 0.3) is 5.79 Å². The summed E-state index contributed by atoms with van der Waals surface area (Å²) < 4.78 is 4.89. The first-order valence-corrected chi connectivity index (χ1v) is 7.74. The zero-order valence-electron chi connectivity index (χ0n) is 15.4. The van der Waals surface area contributed by atoms with E-state index in [9.17, 15) is 49.5 Å². The van der Waals surface area contributed by atoms with Crippen molar-refractivity contribution in [1.29, 1.82) is 0 Å². The molecule has 1 heterocycles. The summed E-state index contributed by atoms with van der Waals surface area (Å²) in [7, 11) is 0. The van der Waals surface area contributed by atoms with Crippen molar-refractivity contribution in [3.05, 3.63) is 0 Å². The molecular weight excluding hydrogens is 368 g/mol. The van der Waals surface area contributed by atoms with Crippen LogP contribution in [0.5, 0.6) is 0 Å². The second kappa shape index (κ2) is 6.33. The number of carbonyl (C=O) groups is 5. The van der Waals surface area contributed by atoms with Crippen molar-refractivity contribution in [1.82, 2.24) is 0 Å². The molecule has 1 saturated heterocycles. The van der Waals surface area contributed by atoms with Gasteiger partial charge in [-0.15, -0.1) is 0 Å². The Morgan fingerprint density at radius 3 is 1.22 bits per heavy atom. The Hall–Kier alpha value is -1.89. The van der Waals surface area contributed by atoms with Crippen LogP contribution in [0.1, 0.15) is 34.6 Å². The largest absolute Gasteiger partial charge is 0.393 e. The Balaban J connectivity index is 4.36. The van der Waals surface area contributed by atoms with E-state index >= 15 is 0 Å². The van der Waals surface area contributed by atoms with Crippen LogP contribution in [0, 0.1) is 0 Å². The van der Waals surface area contributed by atoms with Gasteiger partial charge in [-0.05, 0) is 27.7 Å². The van der Waals surface area contributed by atoms with Crippen LogP contribution in [0.2, 0.25) is 0 Å². The number of ether oxygens (including phenoxy) is 1. The van der Waals surface area contributed by atoms with Gasteiger partial charge in [0.1, 0.15) is 0 Å². The second-order valence-corrected chi connectivity index (χ2v) is 6.64. The van der Waals surface area contributed by atoms with Crippen molar-refractivity contribution in [2.24, 2.45) is 0 Å². The minimum Gasteiger partial charge on any atom is -0.393 e. The number of ketones is 5. The van der Waals surface area contributed by atoms with Gasteiger partial charge in [0, 0.05) is 6.92 Å². The topological polar surface area (TPSA) is 196 Å². The summed E-state index contributed by atoms with van der Waals surface area (Å²) in [5.41, 5.74) is -14.8. The molecule has 0 amide bonds. The molecular formula is C16H22O11. The van der Waals surface area contributed by atoms with E-state index in [0.29, 0.717) is 34.6 Å². The van der Waals surface area contributed by atoms with E-state index in [1.165, 1.54) is 0 Å². The zero-order chi connectivity index (χ0) is 21.8. The van der Waals surface area contributed by atoms with Gasteiger partial charge < -0.3 is 30.3 Å². The first-order valence-electron chi connectivity index (χ1n) is 7.74. The molecule has 0 radical (unpaired) electrons. The summed E-state index contributed by atoms with van der Waals surface area (Å²) in [5, 5.41) is 53.5. The Morgan fingerprint density at radius 1 is 0.630 bits per heavy atom. The molecule has 5 atom stereocenters. The van der Waals surface area contributed by atoms with Crippen molar-refractivity contribution in [3.8, 4) is 0 Å². The molecule has 0 aromatic carbocycles. The molecule has 0 aromatic rings. The number of hydrogen-bond donors (Lipinski definition) is 5. The van der Waals surface area contributed by atoms with Crippen LogP contribution in [0.4, 0.5) is 0 Å². The van der Waals surface area contributed by atoms with Gasteiger partial charge in [0.2, 0.25) is 16.8 Å². The van der Waals surface area contributed by atoms with E-state index < -0.39 is 63.7 Å². The Kier molecular flexibility index (Phi) is 5.43. The van der Waals surface area contributed by atoms with Gasteiger partial charge in [-0.25, -0.2) is 0 Å². The molecule has 1 fully saturated rings. The van der Waals surface area contributed by atoms with Crippen LogP contribution in [0.15, 0.2) is 0 Å². The monoisotopic (exact) mass is 390 g/mol. The van der Waals surface area contributed by atoms with Gasteiger partial charge >= 0.3 is 0 Å². The molecule has 11 nitrogen and oxygen atoms in total. The maximum atomic E-state index is 12.4. The van der Waals surface area contributed by atoms with Crippen LogP contribution in [0.25, 0.3) is 0 Å². The van der Waals surface area contributed by atoms with Crippen molar-refractivity contribution >= 4 is 28.9 Å². The molecule has 1 aliphatic rings. The standard InChI is InChI=1S/C16H22O11/c1-7(18)12(6-17)13(23,8(2)19)14(24,9(3)20)15(25,10(4)21)16(26,27-12)11(5)22/h17,23-26H,6H2,1-5H3/t12-,13+,14-,15+,16+/m1/s1. The smallest absolute Gasteiger partial charge is 0.268 e. The lowest BCUT2D eigenvalue weighted by molar-refractivity contribution is -0.409. The second-order valence-electron chi connectivity index (χ2n) is 6.64. The predicted octanol–water partition coefficient (Wildman–Crippen LogP) is -3.43. The highest BCUT2D eigenvalue weighted by Gasteiger charge is 2.88. The van der Waals surface area contributed by atoms with E-state index in [0.717, 1.165) is 0 Å². The van der Waals surface area contributed by atoms with Crippen LogP contribution >= 0.6 is 0 Å². The van der Waals surface area contributed by atoms with Crippen molar-refractivity contribution in [2.75, 3.05) is 6.61 Å². The highest BCUT2D eigenvalue weighted by molar-refractivity contribution is 6.12. The summed E-state index contributed by atoms with van der Waals surface area (Å²) >= 11 is 0. The normalized spacial score (nSPS) is 41.7. The third-order valence-electron chi connectivity index (χ3n) is 5.24. The quantitative estimate of drug-likeness (QED) is 0.303. The fraction of sp³-hybridized carbons (Fsp3) is 0.688. The van der Waals surface area contributed by atoms with E-state index in [1.54, 1.807) is 0 Å². The third-order valence-corrected chi connectivity index (χ3v) is 5.24. The lowest BCUT2D eigenvalue weighted by Crippen LogP contribution is -2.94. The average molecular weight is 390 g/mol. The predicted molar refractivity (Wildman–Crippen MR) is 84.1 cm³/mol. The highest BCUT2D eigenvalue weighted by atomic mass is 16.7. The fourth-order valence-electron chi connectivity index (χ4n) is 3.65. The van der Waals surface area contributed by atoms with Crippen molar-refractivity contribution in [3.63, 3.8) is 0 Å². The molecule has 11 heteroatoms. The maximum absolute atomic E-state index is 12.4. The van der Waals surface area contributed by atoms with Crippen molar-refractivity contribution in [2.45, 2.75) is 62.8 Å². The Bertz CT molecular complexity index is 745. The van der Waals surface area contributed by atoms with Gasteiger partial charge in [0.05, 0.1) is 6.61 Å². The first-order chi connectivity index (χ1) is 12.0. The average Bonchev–Trinajstić information content (AvgIpc) is 2.54. The summed E-state index contributed by atoms with van der Waals surface area (Å²) in [4.78, 5) is 61.2. The van der Waals surface area contributed by atoms with Gasteiger partial charge in [0.15, 0.2) is 34.5 Å². The van der Waals surface area contributed by atoms with E-state index in [4.69, 9.17) is 4.74 Å². The summed E-state index contributed by atoms with van der Waals surface area (Å²) in [6.07, 6.45) is 0. The molecule has 1 rings (SSSR count). The Morgan fingerprint density at radius 2 is 1.00 bits per heavy atom. The molecule has 0 unspecified atom stereocenters. The van der Waals surface area contributed by atoms with Crippen LogP contribution in [0.3, 0.4) is 0 Å². The van der Waals surface area contributed by atoms with Gasteiger partial charge in [-0.1, -0.05) is 0 Å². The molecule has 0 aromatic heterocycles. The summed E-state index contributed by atoms with van der Waals surface area (Å²) in [5.74, 6) is -11.5. The number of hydrogen-bond acceptors (Lipinski definition) is 11. The third kappa shape index (κ3) is 2.21. The van der Waals surface area contributed by atoms with Gasteiger partial charge in [-0.3, -0.25) is 24.0 Å². The Labute approximate surface area is 153 Å². The first kappa shape index (κ1) is 23.1. The number of aliphatic hydroxyl groups is 5. The lowest BCUT2D eigenvalue weighted by atomic mass is 9.53. The SMILES string of the molecule is CC(=O)[C@@]1(O)[C@](O)(C(C)=O)[C@@](CO)(C(C)=O)O[C@@](O)(C(C)=O)[C@]1(O)C(C)=O. The molecule has 0 aliphatic carbocycles. The number of carbonyl (C=O) groups excluding carboxylic acids is 5.